The maximum absolute atomic E-state index is 11.6. The highest BCUT2D eigenvalue weighted by Gasteiger charge is 2.19. The maximum atomic E-state index is 11.6. The molecule has 1 aliphatic carbocycles. The third-order valence-electron chi connectivity index (χ3n) is 3.33. The lowest BCUT2D eigenvalue weighted by atomic mass is 10.0. The van der Waals surface area contributed by atoms with E-state index in [0.717, 1.165) is 24.1 Å². The fraction of sp³-hybridized carbons (Fsp3) is 0.385. The lowest BCUT2D eigenvalue weighted by Crippen LogP contribution is -2.11. The van der Waals surface area contributed by atoms with Crippen molar-refractivity contribution in [2.24, 2.45) is 0 Å². The number of aromatic amines is 1. The summed E-state index contributed by atoms with van der Waals surface area (Å²) in [5, 5.41) is 0. The van der Waals surface area contributed by atoms with E-state index in [0.29, 0.717) is 11.7 Å². The smallest absolute Gasteiger partial charge is 0.251 e. The average molecular weight is 230 g/mol. The molecule has 0 aromatic carbocycles. The summed E-state index contributed by atoms with van der Waals surface area (Å²) in [7, 11) is 0. The summed E-state index contributed by atoms with van der Waals surface area (Å²) in [6, 6.07) is 3.43. The lowest BCUT2D eigenvalue weighted by Gasteiger charge is -2.08. The lowest BCUT2D eigenvalue weighted by molar-refractivity contribution is 0.568. The van der Waals surface area contributed by atoms with Crippen molar-refractivity contribution in [2.75, 3.05) is 0 Å². The van der Waals surface area contributed by atoms with Gasteiger partial charge in [0.1, 0.15) is 12.1 Å². The summed E-state index contributed by atoms with van der Waals surface area (Å²) in [5.41, 5.74) is 1.66. The summed E-state index contributed by atoms with van der Waals surface area (Å²) in [6.07, 6.45) is 7.93. The van der Waals surface area contributed by atoms with Gasteiger partial charge in [0.25, 0.3) is 5.56 Å². The zero-order chi connectivity index (χ0) is 11.7. The fourth-order valence-corrected chi connectivity index (χ4v) is 2.44. The number of furan rings is 1. The first kappa shape index (κ1) is 10.3. The number of nitrogens with zero attached hydrogens (tertiary/aromatic N) is 1. The van der Waals surface area contributed by atoms with Gasteiger partial charge in [-0.3, -0.25) is 4.79 Å². The van der Waals surface area contributed by atoms with Gasteiger partial charge in [-0.15, -0.1) is 0 Å². The van der Waals surface area contributed by atoms with E-state index < -0.39 is 0 Å². The highest BCUT2D eigenvalue weighted by molar-refractivity contribution is 5.52. The Labute approximate surface area is 98.7 Å². The normalized spacial score (nSPS) is 16.5. The molecule has 0 aliphatic heterocycles. The van der Waals surface area contributed by atoms with Crippen LogP contribution in [-0.4, -0.2) is 9.97 Å². The zero-order valence-electron chi connectivity index (χ0n) is 9.48. The van der Waals surface area contributed by atoms with E-state index in [1.54, 1.807) is 24.7 Å². The molecule has 88 valence electrons. The molecule has 1 fully saturated rings. The van der Waals surface area contributed by atoms with Crippen LogP contribution in [0.2, 0.25) is 0 Å². The van der Waals surface area contributed by atoms with Crippen molar-refractivity contribution in [3.63, 3.8) is 0 Å². The first-order valence-corrected chi connectivity index (χ1v) is 5.97. The Morgan fingerprint density at radius 3 is 2.88 bits per heavy atom. The SMILES string of the molecule is O=c1cc(C2CCCC2)nc(-c2ccoc2)[nH]1. The third-order valence-corrected chi connectivity index (χ3v) is 3.33. The molecule has 0 radical (unpaired) electrons. The predicted octanol–water partition coefficient (Wildman–Crippen LogP) is 2.69. The predicted molar refractivity (Wildman–Crippen MR) is 63.8 cm³/mol. The van der Waals surface area contributed by atoms with Crippen LogP contribution in [0.25, 0.3) is 11.4 Å². The van der Waals surface area contributed by atoms with Crippen LogP contribution in [0.4, 0.5) is 0 Å². The minimum absolute atomic E-state index is 0.0851. The second-order valence-electron chi connectivity index (χ2n) is 4.51. The average Bonchev–Trinajstić information content (AvgIpc) is 3.02. The van der Waals surface area contributed by atoms with Crippen molar-refractivity contribution in [1.82, 2.24) is 9.97 Å². The summed E-state index contributed by atoms with van der Waals surface area (Å²) in [4.78, 5) is 18.9. The Kier molecular flexibility index (Phi) is 2.55. The minimum atomic E-state index is -0.0851. The maximum Gasteiger partial charge on any atom is 0.251 e. The molecular weight excluding hydrogens is 216 g/mol. The molecule has 0 bridgehead atoms. The largest absolute Gasteiger partial charge is 0.472 e. The third kappa shape index (κ3) is 2.02. The molecule has 0 atom stereocenters. The summed E-state index contributed by atoms with van der Waals surface area (Å²) in [6.45, 7) is 0. The number of rotatable bonds is 2. The van der Waals surface area contributed by atoms with Crippen LogP contribution in [0.1, 0.15) is 37.3 Å². The van der Waals surface area contributed by atoms with Crippen LogP contribution in [0.5, 0.6) is 0 Å². The van der Waals surface area contributed by atoms with Gasteiger partial charge in [0, 0.05) is 12.0 Å². The van der Waals surface area contributed by atoms with Crippen LogP contribution in [-0.2, 0) is 0 Å². The first-order chi connectivity index (χ1) is 8.33. The molecule has 17 heavy (non-hydrogen) atoms. The van der Waals surface area contributed by atoms with Gasteiger partial charge in [0.15, 0.2) is 0 Å². The van der Waals surface area contributed by atoms with Crippen molar-refractivity contribution in [3.05, 3.63) is 40.7 Å². The van der Waals surface area contributed by atoms with Gasteiger partial charge in [0.2, 0.25) is 0 Å². The second-order valence-corrected chi connectivity index (χ2v) is 4.51. The molecule has 1 saturated carbocycles. The van der Waals surface area contributed by atoms with E-state index in [4.69, 9.17) is 4.42 Å². The molecule has 0 spiro atoms. The van der Waals surface area contributed by atoms with E-state index in [1.165, 1.54) is 12.8 Å². The van der Waals surface area contributed by atoms with Crippen LogP contribution < -0.4 is 5.56 Å². The van der Waals surface area contributed by atoms with Gasteiger partial charge in [-0.2, -0.15) is 0 Å². The van der Waals surface area contributed by atoms with E-state index >= 15 is 0 Å². The van der Waals surface area contributed by atoms with Gasteiger partial charge < -0.3 is 9.40 Å². The highest BCUT2D eigenvalue weighted by atomic mass is 16.3. The molecule has 0 amide bonds. The van der Waals surface area contributed by atoms with Crippen molar-refractivity contribution in [2.45, 2.75) is 31.6 Å². The van der Waals surface area contributed by atoms with E-state index in [-0.39, 0.29) is 5.56 Å². The summed E-state index contributed by atoms with van der Waals surface area (Å²) >= 11 is 0. The Morgan fingerprint density at radius 1 is 1.35 bits per heavy atom. The Bertz CT molecular complexity index is 551. The fourth-order valence-electron chi connectivity index (χ4n) is 2.44. The molecule has 0 unspecified atom stereocenters. The van der Waals surface area contributed by atoms with E-state index in [1.807, 2.05) is 0 Å². The molecule has 0 saturated heterocycles. The van der Waals surface area contributed by atoms with Gasteiger partial charge in [-0.1, -0.05) is 12.8 Å². The number of H-pyrrole nitrogens is 1. The van der Waals surface area contributed by atoms with E-state index in [9.17, 15) is 4.79 Å². The summed E-state index contributed by atoms with van der Waals surface area (Å²) < 4.78 is 5.01. The molecular formula is C13H14N2O2. The quantitative estimate of drug-likeness (QED) is 0.862. The number of aromatic nitrogens is 2. The van der Waals surface area contributed by atoms with Crippen molar-refractivity contribution >= 4 is 0 Å². The molecule has 4 nitrogen and oxygen atoms in total. The number of hydrogen-bond donors (Lipinski definition) is 1. The van der Waals surface area contributed by atoms with E-state index in [2.05, 4.69) is 9.97 Å². The first-order valence-electron chi connectivity index (χ1n) is 5.97. The van der Waals surface area contributed by atoms with Gasteiger partial charge in [-0.05, 0) is 18.9 Å². The van der Waals surface area contributed by atoms with Gasteiger partial charge in [-0.25, -0.2) is 4.98 Å². The zero-order valence-corrected chi connectivity index (χ0v) is 9.48. The Hall–Kier alpha value is -1.84. The Balaban J connectivity index is 2.03. The summed E-state index contributed by atoms with van der Waals surface area (Å²) in [5.74, 6) is 1.05. The van der Waals surface area contributed by atoms with Gasteiger partial charge >= 0.3 is 0 Å². The topological polar surface area (TPSA) is 58.9 Å². The van der Waals surface area contributed by atoms with Crippen LogP contribution >= 0.6 is 0 Å². The monoisotopic (exact) mass is 230 g/mol. The molecule has 1 N–H and O–H groups in total. The molecule has 2 aromatic heterocycles. The standard InChI is InChI=1S/C13H14N2O2/c16-12-7-11(9-3-1-2-4-9)14-13(15-12)10-5-6-17-8-10/h5-9H,1-4H2,(H,14,15,16). The molecule has 1 aliphatic rings. The van der Waals surface area contributed by atoms with Crippen LogP contribution in [0.15, 0.2) is 33.9 Å². The molecule has 2 heterocycles. The molecule has 3 rings (SSSR count). The van der Waals surface area contributed by atoms with Crippen LogP contribution in [0, 0.1) is 0 Å². The van der Waals surface area contributed by atoms with Gasteiger partial charge in [0.05, 0.1) is 17.5 Å². The number of hydrogen-bond acceptors (Lipinski definition) is 3. The van der Waals surface area contributed by atoms with Crippen molar-refractivity contribution in [3.8, 4) is 11.4 Å². The molecule has 4 heteroatoms. The molecule has 2 aromatic rings. The number of nitrogens with one attached hydrogen (secondary N) is 1. The highest BCUT2D eigenvalue weighted by Crippen LogP contribution is 2.32. The Morgan fingerprint density at radius 2 is 2.18 bits per heavy atom. The second kappa shape index (κ2) is 4.20. The van der Waals surface area contributed by atoms with Crippen molar-refractivity contribution in [1.29, 1.82) is 0 Å². The minimum Gasteiger partial charge on any atom is -0.472 e. The van der Waals surface area contributed by atoms with Crippen molar-refractivity contribution < 1.29 is 4.42 Å². The van der Waals surface area contributed by atoms with Crippen LogP contribution in [0.3, 0.4) is 0 Å².